The molecule has 22 heavy (non-hydrogen) atoms. The third-order valence-corrected chi connectivity index (χ3v) is 4.26. The van der Waals surface area contributed by atoms with Crippen LogP contribution in [0.3, 0.4) is 0 Å². The lowest BCUT2D eigenvalue weighted by molar-refractivity contribution is -0.150. The van der Waals surface area contributed by atoms with Crippen LogP contribution in [0.2, 0.25) is 0 Å². The molecule has 0 spiro atoms. The second-order valence-corrected chi connectivity index (χ2v) is 5.71. The van der Waals surface area contributed by atoms with Gasteiger partial charge in [0.05, 0.1) is 18.6 Å². The molecule has 2 atom stereocenters. The molecule has 0 bridgehead atoms. The number of carbonyl (C=O) groups is 1. The predicted molar refractivity (Wildman–Crippen MR) is 85.1 cm³/mol. The van der Waals surface area contributed by atoms with Crippen LogP contribution in [0.5, 0.6) is 0 Å². The molecule has 4 nitrogen and oxygen atoms in total. The molecule has 1 aliphatic heterocycles. The van der Waals surface area contributed by atoms with Crippen LogP contribution in [0, 0.1) is 17.2 Å². The second-order valence-electron chi connectivity index (χ2n) is 5.71. The van der Waals surface area contributed by atoms with Gasteiger partial charge >= 0.3 is 5.97 Å². The molecule has 0 N–H and O–H groups in total. The van der Waals surface area contributed by atoms with Crippen molar-refractivity contribution >= 4 is 5.97 Å². The van der Waals surface area contributed by atoms with Crippen LogP contribution < -0.4 is 0 Å². The van der Waals surface area contributed by atoms with E-state index in [1.54, 1.807) is 0 Å². The largest absolute Gasteiger partial charge is 0.466 e. The Morgan fingerprint density at radius 3 is 2.73 bits per heavy atom. The summed E-state index contributed by atoms with van der Waals surface area (Å²) in [7, 11) is 0. The van der Waals surface area contributed by atoms with Gasteiger partial charge < -0.3 is 4.74 Å². The van der Waals surface area contributed by atoms with Crippen molar-refractivity contribution < 1.29 is 9.53 Å². The van der Waals surface area contributed by atoms with E-state index in [-0.39, 0.29) is 17.9 Å². The van der Waals surface area contributed by atoms with Gasteiger partial charge in [-0.15, -0.1) is 0 Å². The number of benzene rings is 1. The Bertz CT molecular complexity index is 533. The first-order chi connectivity index (χ1) is 10.7. The Kier molecular flexibility index (Phi) is 5.97. The van der Waals surface area contributed by atoms with Crippen molar-refractivity contribution in [2.75, 3.05) is 19.7 Å². The van der Waals surface area contributed by atoms with Crippen LogP contribution in [0.4, 0.5) is 0 Å². The number of aryl methyl sites for hydroxylation is 1. The third kappa shape index (κ3) is 3.86. The Balaban J connectivity index is 2.09. The molecule has 1 aromatic rings. The van der Waals surface area contributed by atoms with Crippen molar-refractivity contribution in [3.63, 3.8) is 0 Å². The maximum Gasteiger partial charge on any atom is 0.310 e. The molecular formula is C18H24N2O2. The first-order valence-corrected chi connectivity index (χ1v) is 8.08. The summed E-state index contributed by atoms with van der Waals surface area (Å²) in [5.74, 6) is -0.246. The number of likely N-dealkylation sites (tertiary alicyclic amines) is 1. The number of hydrogen-bond donors (Lipinski definition) is 0. The molecule has 0 aliphatic carbocycles. The molecule has 4 heteroatoms. The van der Waals surface area contributed by atoms with Gasteiger partial charge in [0, 0.05) is 6.54 Å². The van der Waals surface area contributed by atoms with Crippen LogP contribution >= 0.6 is 0 Å². The lowest BCUT2D eigenvalue weighted by Gasteiger charge is -2.34. The Labute approximate surface area is 132 Å². The first-order valence-electron chi connectivity index (χ1n) is 8.08. The van der Waals surface area contributed by atoms with Gasteiger partial charge in [-0.2, -0.15) is 5.26 Å². The first kappa shape index (κ1) is 16.5. The Hall–Kier alpha value is -1.86. The molecule has 0 radical (unpaired) electrons. The number of nitrogens with zero attached hydrogens (tertiary/aromatic N) is 2. The van der Waals surface area contributed by atoms with Crippen molar-refractivity contribution in [1.29, 1.82) is 5.26 Å². The average molecular weight is 300 g/mol. The number of hydrogen-bond acceptors (Lipinski definition) is 4. The number of piperidine rings is 1. The van der Waals surface area contributed by atoms with E-state index in [4.69, 9.17) is 4.74 Å². The highest BCUT2D eigenvalue weighted by Gasteiger charge is 2.31. The normalized spacial score (nSPS) is 20.1. The van der Waals surface area contributed by atoms with E-state index in [1.807, 2.05) is 19.1 Å². The summed E-state index contributed by atoms with van der Waals surface area (Å²) < 4.78 is 5.13. The highest BCUT2D eigenvalue weighted by atomic mass is 16.5. The lowest BCUT2D eigenvalue weighted by atomic mass is 9.95. The van der Waals surface area contributed by atoms with Crippen LogP contribution in [0.1, 0.15) is 43.9 Å². The topological polar surface area (TPSA) is 53.3 Å². The molecule has 1 fully saturated rings. The zero-order valence-electron chi connectivity index (χ0n) is 13.4. The molecular weight excluding hydrogens is 276 g/mol. The zero-order valence-corrected chi connectivity index (χ0v) is 13.4. The van der Waals surface area contributed by atoms with E-state index in [0.717, 1.165) is 31.4 Å². The van der Waals surface area contributed by atoms with Gasteiger partial charge in [-0.1, -0.05) is 31.2 Å². The van der Waals surface area contributed by atoms with Gasteiger partial charge in [0.2, 0.25) is 0 Å². The van der Waals surface area contributed by atoms with Crippen LogP contribution in [0.25, 0.3) is 0 Å². The number of esters is 1. The van der Waals surface area contributed by atoms with Gasteiger partial charge in [-0.25, -0.2) is 0 Å². The number of rotatable bonds is 5. The minimum atomic E-state index is -0.289. The summed E-state index contributed by atoms with van der Waals surface area (Å²) in [5, 5.41) is 9.58. The monoisotopic (exact) mass is 300 g/mol. The Morgan fingerprint density at radius 1 is 1.41 bits per heavy atom. The summed E-state index contributed by atoms with van der Waals surface area (Å²) in [6, 6.07) is 10.3. The van der Waals surface area contributed by atoms with E-state index in [9.17, 15) is 10.1 Å². The molecule has 1 saturated heterocycles. The molecule has 118 valence electrons. The van der Waals surface area contributed by atoms with Crippen LogP contribution in [0.15, 0.2) is 24.3 Å². The fourth-order valence-corrected chi connectivity index (χ4v) is 3.00. The standard InChI is InChI=1S/C18H24N2O2/c1-3-14-7-9-15(10-8-14)17(12-19)20-11-5-6-16(13-20)18(21)22-4-2/h7-10,16-17H,3-6,11,13H2,1-2H3. The van der Waals surface area contributed by atoms with Gasteiger partial charge in [0.15, 0.2) is 0 Å². The zero-order chi connectivity index (χ0) is 15.9. The van der Waals surface area contributed by atoms with Crippen LogP contribution in [-0.2, 0) is 16.0 Å². The molecule has 2 unspecified atom stereocenters. The van der Waals surface area contributed by atoms with E-state index in [0.29, 0.717) is 13.2 Å². The molecule has 0 aromatic heterocycles. The van der Waals surface area contributed by atoms with Crippen LogP contribution in [-0.4, -0.2) is 30.6 Å². The highest BCUT2D eigenvalue weighted by Crippen LogP contribution is 2.27. The molecule has 2 rings (SSSR count). The van der Waals surface area contributed by atoms with E-state index in [1.165, 1.54) is 5.56 Å². The molecule has 1 aliphatic rings. The van der Waals surface area contributed by atoms with Crippen molar-refractivity contribution in [2.24, 2.45) is 5.92 Å². The second kappa shape index (κ2) is 7.95. The van der Waals surface area contributed by atoms with Crippen molar-refractivity contribution in [3.8, 4) is 6.07 Å². The molecule has 1 heterocycles. The van der Waals surface area contributed by atoms with E-state index < -0.39 is 0 Å². The quantitative estimate of drug-likeness (QED) is 0.784. The minimum absolute atomic E-state index is 0.112. The van der Waals surface area contributed by atoms with Gasteiger partial charge in [-0.3, -0.25) is 9.69 Å². The maximum absolute atomic E-state index is 11.9. The minimum Gasteiger partial charge on any atom is -0.466 e. The fourth-order valence-electron chi connectivity index (χ4n) is 3.00. The summed E-state index contributed by atoms with van der Waals surface area (Å²) in [4.78, 5) is 14.0. The third-order valence-electron chi connectivity index (χ3n) is 4.26. The summed E-state index contributed by atoms with van der Waals surface area (Å²) in [6.07, 6.45) is 2.77. The van der Waals surface area contributed by atoms with E-state index in [2.05, 4.69) is 30.0 Å². The van der Waals surface area contributed by atoms with Crippen molar-refractivity contribution in [2.45, 2.75) is 39.2 Å². The fraction of sp³-hybridized carbons (Fsp3) is 0.556. The molecule has 0 amide bonds. The Morgan fingerprint density at radius 2 is 2.14 bits per heavy atom. The van der Waals surface area contributed by atoms with Gasteiger partial charge in [0.1, 0.15) is 6.04 Å². The number of ether oxygens (including phenoxy) is 1. The molecule has 0 saturated carbocycles. The van der Waals surface area contributed by atoms with Gasteiger partial charge in [0.25, 0.3) is 0 Å². The highest BCUT2D eigenvalue weighted by molar-refractivity contribution is 5.72. The van der Waals surface area contributed by atoms with E-state index >= 15 is 0 Å². The van der Waals surface area contributed by atoms with Crippen molar-refractivity contribution in [3.05, 3.63) is 35.4 Å². The van der Waals surface area contributed by atoms with Crippen molar-refractivity contribution in [1.82, 2.24) is 4.90 Å². The SMILES string of the molecule is CCOC(=O)C1CCCN(C(C#N)c2ccc(CC)cc2)C1. The number of nitriles is 1. The van der Waals surface area contributed by atoms with Gasteiger partial charge in [-0.05, 0) is 43.9 Å². The maximum atomic E-state index is 11.9. The summed E-state index contributed by atoms with van der Waals surface area (Å²) in [6.45, 7) is 5.81. The summed E-state index contributed by atoms with van der Waals surface area (Å²) in [5.41, 5.74) is 2.27. The lowest BCUT2D eigenvalue weighted by Crippen LogP contribution is -2.41. The number of carbonyl (C=O) groups excluding carboxylic acids is 1. The molecule has 1 aromatic carbocycles. The average Bonchev–Trinajstić information content (AvgIpc) is 2.57. The predicted octanol–water partition coefficient (Wildman–Crippen LogP) is 3.09. The summed E-state index contributed by atoms with van der Waals surface area (Å²) >= 11 is 0. The smallest absolute Gasteiger partial charge is 0.310 e.